The Kier molecular flexibility index (Phi) is 9.15. The molecule has 2 N–H and O–H groups in total. The number of alkyl halides is 6. The van der Waals surface area contributed by atoms with Crippen molar-refractivity contribution in [3.63, 3.8) is 0 Å². The second-order valence-corrected chi connectivity index (χ2v) is 12.6. The number of nitrogens with one attached hydrogen (secondary N) is 2. The molecule has 1 aromatic heterocycles. The van der Waals surface area contributed by atoms with E-state index in [0.717, 1.165) is 41.1 Å². The molecule has 0 bridgehead atoms. The van der Waals surface area contributed by atoms with Gasteiger partial charge in [-0.25, -0.2) is 17.8 Å². The number of rotatable bonds is 9. The molecule has 1 aliphatic heterocycles. The Morgan fingerprint density at radius 1 is 0.939 bits per heavy atom. The highest BCUT2D eigenvalue weighted by Gasteiger charge is 2.44. The van der Waals surface area contributed by atoms with E-state index < -0.39 is 66.9 Å². The average molecular weight is 711 g/mol. The van der Waals surface area contributed by atoms with E-state index in [1.165, 1.54) is 48.2 Å². The van der Waals surface area contributed by atoms with Gasteiger partial charge in [0.2, 0.25) is 0 Å². The fourth-order valence-corrected chi connectivity index (χ4v) is 6.12. The van der Waals surface area contributed by atoms with Crippen LogP contribution in [0.15, 0.2) is 77.7 Å². The van der Waals surface area contributed by atoms with Crippen LogP contribution < -0.4 is 14.9 Å². The molecule has 5 rings (SSSR count). The smallest absolute Gasteiger partial charge is 0.350 e. The molecule has 0 aliphatic carbocycles. The number of sulfonamides is 1. The van der Waals surface area contributed by atoms with Gasteiger partial charge in [0.25, 0.3) is 27.5 Å². The van der Waals surface area contributed by atoms with Crippen LogP contribution in [0.2, 0.25) is 0 Å². The fourth-order valence-electron chi connectivity index (χ4n) is 5.14. The molecule has 19 heteroatoms. The molecule has 2 heterocycles. The summed E-state index contributed by atoms with van der Waals surface area (Å²) in [6.07, 6.45) is -9.68. The Morgan fingerprint density at radius 3 is 2.18 bits per heavy atom. The molecule has 258 valence electrons. The summed E-state index contributed by atoms with van der Waals surface area (Å²) < 4.78 is 110. The van der Waals surface area contributed by atoms with Gasteiger partial charge >= 0.3 is 12.4 Å². The van der Waals surface area contributed by atoms with Gasteiger partial charge in [0, 0.05) is 30.8 Å². The summed E-state index contributed by atoms with van der Waals surface area (Å²) in [5, 5.41) is 16.9. The van der Waals surface area contributed by atoms with Crippen molar-refractivity contribution < 1.29 is 49.3 Å². The van der Waals surface area contributed by atoms with Crippen LogP contribution in [0.25, 0.3) is 0 Å². The Hall–Kier alpha value is -5.46. The number of nitrogens with zero attached hydrogens (tertiary/aromatic N) is 4. The Bertz CT molecular complexity index is 2030. The van der Waals surface area contributed by atoms with Crippen molar-refractivity contribution in [3.8, 4) is 0 Å². The minimum atomic E-state index is -5.04. The molecule has 0 fully saturated rings. The number of carbonyl (C=O) groups excluding carboxylic acids is 2. The minimum absolute atomic E-state index is 0.0519. The zero-order chi connectivity index (χ0) is 35.9. The summed E-state index contributed by atoms with van der Waals surface area (Å²) in [4.78, 5) is 37.1. The molecule has 12 nitrogen and oxygen atoms in total. The van der Waals surface area contributed by atoms with Crippen LogP contribution in [0.4, 0.5) is 37.8 Å². The van der Waals surface area contributed by atoms with Gasteiger partial charge in [-0.15, -0.1) is 0 Å². The molecule has 1 aliphatic rings. The third-order valence-electron chi connectivity index (χ3n) is 7.54. The number of carbonyl (C=O) groups is 2. The third-order valence-corrected chi connectivity index (χ3v) is 8.88. The molecule has 0 spiro atoms. The number of anilines is 1. The number of non-ortho nitro benzene ring substituents is 1. The van der Waals surface area contributed by atoms with E-state index >= 15 is 0 Å². The molecular formula is C30H24F6N6O6S. The number of hydrogen-bond acceptors (Lipinski definition) is 8. The van der Waals surface area contributed by atoms with Gasteiger partial charge in [0.05, 0.1) is 28.0 Å². The maximum absolute atomic E-state index is 14.0. The highest BCUT2D eigenvalue weighted by Crippen LogP contribution is 2.39. The van der Waals surface area contributed by atoms with Gasteiger partial charge in [-0.1, -0.05) is 24.3 Å². The van der Waals surface area contributed by atoms with Crippen LogP contribution in [0.1, 0.15) is 56.1 Å². The third kappa shape index (κ3) is 7.50. The molecule has 2 amide bonds. The number of amides is 2. The van der Waals surface area contributed by atoms with Crippen molar-refractivity contribution in [1.82, 2.24) is 19.8 Å². The van der Waals surface area contributed by atoms with Crippen LogP contribution >= 0.6 is 0 Å². The van der Waals surface area contributed by atoms with Crippen molar-refractivity contribution in [2.24, 2.45) is 0 Å². The predicted molar refractivity (Wildman–Crippen MR) is 160 cm³/mol. The summed E-state index contributed by atoms with van der Waals surface area (Å²) in [6, 6.07) is 12.3. The number of nitro groups is 1. The Morgan fingerprint density at radius 2 is 1.59 bits per heavy atom. The zero-order valence-electron chi connectivity index (χ0n) is 25.0. The van der Waals surface area contributed by atoms with Crippen LogP contribution in [0.3, 0.4) is 0 Å². The summed E-state index contributed by atoms with van der Waals surface area (Å²) in [7, 11) is -4.41. The lowest BCUT2D eigenvalue weighted by Gasteiger charge is -2.21. The SMILES string of the molecule is C[C@H](NC(=O)c1c(C(F)(F)F)nn2c1N(Cc1cccc(C(F)(F)F)c1)CC2)c1ccc(C(=O)NS(=O)(=O)c2ccc([N+](=O)[O-])cc2)cc1. The van der Waals surface area contributed by atoms with Crippen LogP contribution in [0.5, 0.6) is 0 Å². The molecule has 0 unspecified atom stereocenters. The fraction of sp³-hybridized carbons (Fsp3) is 0.233. The quantitative estimate of drug-likeness (QED) is 0.132. The molecular weight excluding hydrogens is 686 g/mol. The normalized spacial score (nSPS) is 13.9. The molecule has 0 saturated heterocycles. The van der Waals surface area contributed by atoms with Gasteiger partial charge in [0.15, 0.2) is 5.69 Å². The van der Waals surface area contributed by atoms with Crippen LogP contribution in [-0.2, 0) is 35.5 Å². The molecule has 49 heavy (non-hydrogen) atoms. The van der Waals surface area contributed by atoms with E-state index in [2.05, 4.69) is 10.4 Å². The molecule has 3 aromatic carbocycles. The molecule has 0 saturated carbocycles. The largest absolute Gasteiger partial charge is 0.436 e. The van der Waals surface area contributed by atoms with Crippen molar-refractivity contribution in [2.75, 3.05) is 11.4 Å². The van der Waals surface area contributed by atoms with E-state index in [-0.39, 0.29) is 42.3 Å². The lowest BCUT2D eigenvalue weighted by molar-refractivity contribution is -0.384. The highest BCUT2D eigenvalue weighted by atomic mass is 32.2. The van der Waals surface area contributed by atoms with Crippen LogP contribution in [0, 0.1) is 10.1 Å². The molecule has 0 radical (unpaired) electrons. The van der Waals surface area contributed by atoms with E-state index in [0.29, 0.717) is 5.56 Å². The zero-order valence-corrected chi connectivity index (χ0v) is 25.9. The first-order chi connectivity index (χ1) is 22.8. The van der Waals surface area contributed by atoms with E-state index in [4.69, 9.17) is 0 Å². The lowest BCUT2D eigenvalue weighted by atomic mass is 10.0. The van der Waals surface area contributed by atoms with Crippen molar-refractivity contribution in [1.29, 1.82) is 0 Å². The summed E-state index contributed by atoms with van der Waals surface area (Å²) >= 11 is 0. The van der Waals surface area contributed by atoms with E-state index in [1.807, 2.05) is 4.72 Å². The van der Waals surface area contributed by atoms with Gasteiger partial charge in [-0.3, -0.25) is 19.7 Å². The number of aromatic nitrogens is 2. The van der Waals surface area contributed by atoms with E-state index in [9.17, 15) is 54.5 Å². The number of halogens is 6. The summed E-state index contributed by atoms with van der Waals surface area (Å²) in [6.45, 7) is 1.25. The van der Waals surface area contributed by atoms with Crippen LogP contribution in [-0.4, -0.2) is 41.5 Å². The maximum atomic E-state index is 14.0. The first-order valence-corrected chi connectivity index (χ1v) is 15.6. The second kappa shape index (κ2) is 12.9. The number of fused-ring (bicyclic) bond motifs is 1. The van der Waals surface area contributed by atoms with Gasteiger partial charge < -0.3 is 10.2 Å². The topological polar surface area (TPSA) is 157 Å². The van der Waals surface area contributed by atoms with Gasteiger partial charge in [0.1, 0.15) is 11.4 Å². The van der Waals surface area contributed by atoms with Crippen molar-refractivity contribution in [2.45, 2.75) is 43.3 Å². The summed E-state index contributed by atoms with van der Waals surface area (Å²) in [5.41, 5.74) is -3.23. The first kappa shape index (κ1) is 34.9. The number of nitro benzene ring substituents is 1. The lowest BCUT2D eigenvalue weighted by Crippen LogP contribution is -2.31. The van der Waals surface area contributed by atoms with E-state index in [1.54, 1.807) is 0 Å². The van der Waals surface area contributed by atoms with Gasteiger partial charge in [-0.2, -0.15) is 31.4 Å². The Labute approximate surface area is 273 Å². The number of hydrogen-bond donors (Lipinski definition) is 2. The minimum Gasteiger partial charge on any atom is -0.350 e. The maximum Gasteiger partial charge on any atom is 0.436 e. The molecule has 4 aromatic rings. The molecule has 1 atom stereocenters. The summed E-state index contributed by atoms with van der Waals surface area (Å²) in [5.74, 6) is -2.42. The highest BCUT2D eigenvalue weighted by molar-refractivity contribution is 7.90. The number of benzene rings is 3. The van der Waals surface area contributed by atoms with Crippen molar-refractivity contribution in [3.05, 3.63) is 116 Å². The standard InChI is InChI=1S/C30H24F6N6O6S/c1-17(19-5-7-20(8-6-19)26(43)39-49(47,48)23-11-9-22(10-12-23)42(45)46)37-27(44)24-25(30(34,35)36)38-41-14-13-40(28(24)41)16-18-3-2-4-21(15-18)29(31,32)33/h2-12,15,17H,13-14,16H2,1H3,(H,37,44)(H,39,43)/t17-/m0/s1. The van der Waals surface area contributed by atoms with Crippen molar-refractivity contribution >= 4 is 33.3 Å². The average Bonchev–Trinajstić information content (AvgIpc) is 3.61. The first-order valence-electron chi connectivity index (χ1n) is 14.2. The predicted octanol–water partition coefficient (Wildman–Crippen LogP) is 5.46. The Balaban J connectivity index is 1.32. The van der Waals surface area contributed by atoms with Gasteiger partial charge in [-0.05, 0) is 54.4 Å². The monoisotopic (exact) mass is 710 g/mol. The second-order valence-electron chi connectivity index (χ2n) is 10.9.